The molecule has 6 N–H and O–H groups in total. The maximum absolute atomic E-state index is 12.8. The van der Waals surface area contributed by atoms with E-state index in [-0.39, 0.29) is 13.0 Å². The van der Waals surface area contributed by atoms with Gasteiger partial charge >= 0.3 is 13.8 Å². The number of rotatable bonds is 42. The molecule has 0 saturated heterocycles. The van der Waals surface area contributed by atoms with Gasteiger partial charge in [-0.1, -0.05) is 173 Å². The predicted molar refractivity (Wildman–Crippen MR) is 244 cm³/mol. The van der Waals surface area contributed by atoms with E-state index in [1.54, 1.807) is 0 Å². The molecule has 0 aromatic heterocycles. The van der Waals surface area contributed by atoms with Crippen LogP contribution in [0.25, 0.3) is 0 Å². The normalized spacial score (nSPS) is 22.3. The molecule has 12 nitrogen and oxygen atoms in total. The highest BCUT2D eigenvalue weighted by Gasteiger charge is 2.51. The molecule has 0 radical (unpaired) electrons. The van der Waals surface area contributed by atoms with Gasteiger partial charge in [0.15, 0.2) is 0 Å². The summed E-state index contributed by atoms with van der Waals surface area (Å²) in [6.45, 7) is 4.20. The zero-order chi connectivity index (χ0) is 44.8. The smallest absolute Gasteiger partial charge is 0.457 e. The van der Waals surface area contributed by atoms with Gasteiger partial charge in [0.1, 0.15) is 42.7 Å². The summed E-state index contributed by atoms with van der Waals surface area (Å²) >= 11 is 0. The highest BCUT2D eigenvalue weighted by molar-refractivity contribution is 7.47. The molecule has 1 rings (SSSR count). The second-order valence-corrected chi connectivity index (χ2v) is 18.7. The summed E-state index contributed by atoms with van der Waals surface area (Å²) in [5.74, 6) is -0.487. The Morgan fingerprint density at radius 2 is 0.902 bits per heavy atom. The molecule has 0 aromatic rings. The van der Waals surface area contributed by atoms with Crippen LogP contribution in [0.3, 0.4) is 0 Å². The molecular formula is C48H91O12P. The molecule has 0 spiro atoms. The number of aliphatic hydroxyl groups is 5. The molecular weight excluding hydrogens is 799 g/mol. The number of ether oxygens (including phenoxy) is 2. The maximum Gasteiger partial charge on any atom is 0.472 e. The lowest BCUT2D eigenvalue weighted by atomic mass is 9.85. The van der Waals surface area contributed by atoms with Gasteiger partial charge in [0, 0.05) is 13.0 Å². The van der Waals surface area contributed by atoms with E-state index in [1.807, 2.05) is 0 Å². The van der Waals surface area contributed by atoms with E-state index in [1.165, 1.54) is 122 Å². The van der Waals surface area contributed by atoms with Crippen LogP contribution in [0.5, 0.6) is 0 Å². The van der Waals surface area contributed by atoms with Gasteiger partial charge in [0.25, 0.3) is 0 Å². The zero-order valence-electron chi connectivity index (χ0n) is 38.5. The van der Waals surface area contributed by atoms with Gasteiger partial charge in [0.05, 0.1) is 13.2 Å². The number of allylic oxidation sites excluding steroid dienone is 4. The van der Waals surface area contributed by atoms with Crippen LogP contribution in [-0.2, 0) is 27.9 Å². The lowest BCUT2D eigenvalue weighted by Gasteiger charge is -2.41. The number of unbranched alkanes of at least 4 members (excludes halogenated alkanes) is 26. The van der Waals surface area contributed by atoms with Crippen molar-refractivity contribution in [3.8, 4) is 0 Å². The van der Waals surface area contributed by atoms with E-state index in [9.17, 15) is 39.8 Å². The molecule has 13 heteroatoms. The van der Waals surface area contributed by atoms with Gasteiger partial charge in [0.2, 0.25) is 0 Å². The quantitative estimate of drug-likeness (QED) is 0.0147. The largest absolute Gasteiger partial charge is 0.472 e. The molecule has 360 valence electrons. The Morgan fingerprint density at radius 3 is 1.36 bits per heavy atom. The number of carbonyl (C=O) groups is 1. The van der Waals surface area contributed by atoms with Crippen LogP contribution < -0.4 is 0 Å². The first-order valence-electron chi connectivity index (χ1n) is 24.7. The SMILES string of the molecule is CCC/C=C\CCCCCCCC(=O)OC(COCCCCCCCCCCCCCC/C=C\CCCCCCCCCC)COP(=O)(O)OC1C(O)C(O)C(O)C(O)C1O. The summed E-state index contributed by atoms with van der Waals surface area (Å²) in [4.78, 5) is 23.1. The number of hydrogen-bond acceptors (Lipinski definition) is 11. The summed E-state index contributed by atoms with van der Waals surface area (Å²) in [6, 6.07) is 0. The monoisotopic (exact) mass is 891 g/mol. The van der Waals surface area contributed by atoms with Crippen molar-refractivity contribution in [2.45, 2.75) is 256 Å². The van der Waals surface area contributed by atoms with Gasteiger partial charge in [-0.25, -0.2) is 4.57 Å². The minimum Gasteiger partial charge on any atom is -0.457 e. The van der Waals surface area contributed by atoms with E-state index in [0.29, 0.717) is 13.0 Å². The maximum atomic E-state index is 12.8. The van der Waals surface area contributed by atoms with Crippen molar-refractivity contribution in [2.24, 2.45) is 0 Å². The van der Waals surface area contributed by atoms with Crippen molar-refractivity contribution in [3.05, 3.63) is 24.3 Å². The Labute approximate surface area is 370 Å². The molecule has 0 amide bonds. The van der Waals surface area contributed by atoms with Gasteiger partial charge in [-0.15, -0.1) is 0 Å². The number of esters is 1. The molecule has 6 atom stereocenters. The Morgan fingerprint density at radius 1 is 0.508 bits per heavy atom. The van der Waals surface area contributed by atoms with E-state index >= 15 is 0 Å². The van der Waals surface area contributed by atoms with Crippen molar-refractivity contribution in [3.63, 3.8) is 0 Å². The summed E-state index contributed by atoms with van der Waals surface area (Å²) in [6.07, 6.45) is 32.7. The van der Waals surface area contributed by atoms with Crippen molar-refractivity contribution < 1.29 is 58.3 Å². The third kappa shape index (κ3) is 31.4. The van der Waals surface area contributed by atoms with Crippen LogP contribution in [0.1, 0.15) is 213 Å². The fourth-order valence-electron chi connectivity index (χ4n) is 7.59. The van der Waals surface area contributed by atoms with Crippen LogP contribution in [0.15, 0.2) is 24.3 Å². The first-order chi connectivity index (χ1) is 29.5. The van der Waals surface area contributed by atoms with Gasteiger partial charge < -0.3 is 39.9 Å². The highest BCUT2D eigenvalue weighted by atomic mass is 31.2. The topological polar surface area (TPSA) is 192 Å². The Kier molecular flexibility index (Phi) is 37.2. The van der Waals surface area contributed by atoms with E-state index in [4.69, 9.17) is 18.5 Å². The highest BCUT2D eigenvalue weighted by Crippen LogP contribution is 2.47. The summed E-state index contributed by atoms with van der Waals surface area (Å²) < 4.78 is 34.1. The average Bonchev–Trinajstić information content (AvgIpc) is 3.24. The Hall–Kier alpha value is -1.18. The molecule has 6 unspecified atom stereocenters. The van der Waals surface area contributed by atoms with Gasteiger partial charge in [-0.05, 0) is 57.8 Å². The van der Waals surface area contributed by atoms with Crippen molar-refractivity contribution in [1.29, 1.82) is 0 Å². The molecule has 0 aliphatic heterocycles. The molecule has 0 heterocycles. The molecule has 1 saturated carbocycles. The third-order valence-corrected chi connectivity index (χ3v) is 12.5. The number of carbonyl (C=O) groups excluding carboxylic acids is 1. The lowest BCUT2D eigenvalue weighted by Crippen LogP contribution is -2.64. The minimum absolute atomic E-state index is 0.0777. The summed E-state index contributed by atoms with van der Waals surface area (Å²) in [5, 5.41) is 50.1. The first-order valence-corrected chi connectivity index (χ1v) is 26.2. The molecule has 1 aliphatic carbocycles. The van der Waals surface area contributed by atoms with E-state index in [2.05, 4.69) is 38.2 Å². The van der Waals surface area contributed by atoms with Crippen molar-refractivity contribution >= 4 is 13.8 Å². The fraction of sp³-hybridized carbons (Fsp3) is 0.896. The van der Waals surface area contributed by atoms with Crippen LogP contribution in [-0.4, -0.2) is 98.9 Å². The fourth-order valence-corrected chi connectivity index (χ4v) is 8.56. The Balaban J connectivity index is 2.26. The van der Waals surface area contributed by atoms with Crippen LogP contribution in [0, 0.1) is 0 Å². The molecule has 0 bridgehead atoms. The standard InChI is InChI=1S/C48H91O12P/c1-3-5-7-9-11-13-15-16-17-18-19-20-21-22-23-24-25-26-27-28-30-32-34-36-38-57-39-41(59-42(49)37-35-33-31-29-14-12-10-8-6-4-2)40-58-61(55,56)60-48-46(53)44(51)43(50)45(52)47(48)54/h8,10,18-19,41,43-48,50-54H,3-7,9,11-17,20-40H2,1-2H3,(H,55,56)/b10-8-,19-18-. The van der Waals surface area contributed by atoms with Crippen molar-refractivity contribution in [2.75, 3.05) is 19.8 Å². The number of aliphatic hydroxyl groups excluding tert-OH is 5. The second-order valence-electron chi connectivity index (χ2n) is 17.3. The minimum atomic E-state index is -5.01. The second kappa shape index (κ2) is 39.2. The lowest BCUT2D eigenvalue weighted by molar-refractivity contribution is -0.220. The zero-order valence-corrected chi connectivity index (χ0v) is 39.4. The van der Waals surface area contributed by atoms with Crippen LogP contribution >= 0.6 is 7.82 Å². The molecule has 1 fully saturated rings. The number of phosphoric ester groups is 1. The molecule has 1 aliphatic rings. The first kappa shape index (κ1) is 57.8. The van der Waals surface area contributed by atoms with Crippen LogP contribution in [0.2, 0.25) is 0 Å². The average molecular weight is 891 g/mol. The van der Waals surface area contributed by atoms with Gasteiger partial charge in [-0.2, -0.15) is 0 Å². The predicted octanol–water partition coefficient (Wildman–Crippen LogP) is 10.5. The summed E-state index contributed by atoms with van der Waals surface area (Å²) in [7, 11) is -5.01. The molecule has 0 aromatic carbocycles. The van der Waals surface area contributed by atoms with Crippen molar-refractivity contribution in [1.82, 2.24) is 0 Å². The third-order valence-electron chi connectivity index (χ3n) is 11.5. The number of phosphoric acid groups is 1. The summed E-state index contributed by atoms with van der Waals surface area (Å²) in [5.41, 5.74) is 0. The van der Waals surface area contributed by atoms with Gasteiger partial charge in [-0.3, -0.25) is 13.8 Å². The van der Waals surface area contributed by atoms with E-state index in [0.717, 1.165) is 64.2 Å². The molecule has 61 heavy (non-hydrogen) atoms. The van der Waals surface area contributed by atoms with Crippen LogP contribution in [0.4, 0.5) is 0 Å². The Bertz CT molecular complexity index is 1110. The number of hydrogen-bond donors (Lipinski definition) is 6. The van der Waals surface area contributed by atoms with E-state index < -0.39 is 63.1 Å².